The average molecular weight is 403 g/mol. The molecule has 3 aromatic rings. The number of benzene rings is 1. The van der Waals surface area contributed by atoms with Gasteiger partial charge in [0.05, 0.1) is 32.8 Å². The lowest BCUT2D eigenvalue weighted by atomic mass is 10.1. The van der Waals surface area contributed by atoms with Gasteiger partial charge in [0.15, 0.2) is 4.96 Å². The van der Waals surface area contributed by atoms with Crippen molar-refractivity contribution in [2.75, 3.05) is 27.8 Å². The van der Waals surface area contributed by atoms with Gasteiger partial charge in [0.25, 0.3) is 0 Å². The van der Waals surface area contributed by atoms with Crippen LogP contribution in [0.4, 0.5) is 0 Å². The number of carbonyl (C=O) groups is 2. The van der Waals surface area contributed by atoms with Crippen molar-refractivity contribution in [1.82, 2.24) is 14.3 Å². The molecule has 148 valence electrons. The predicted octanol–water partition coefficient (Wildman–Crippen LogP) is 2.56. The van der Waals surface area contributed by atoms with E-state index in [1.807, 2.05) is 34.2 Å². The maximum atomic E-state index is 12.4. The van der Waals surface area contributed by atoms with E-state index in [1.165, 1.54) is 16.2 Å². The number of carboxylic acids is 1. The van der Waals surface area contributed by atoms with Crippen molar-refractivity contribution in [2.45, 2.75) is 12.8 Å². The summed E-state index contributed by atoms with van der Waals surface area (Å²) in [7, 11) is 4.80. The van der Waals surface area contributed by atoms with Crippen LogP contribution in [0.5, 0.6) is 11.5 Å². The Morgan fingerprint density at radius 3 is 2.75 bits per heavy atom. The van der Waals surface area contributed by atoms with Gasteiger partial charge in [0, 0.05) is 36.4 Å². The summed E-state index contributed by atoms with van der Waals surface area (Å²) in [6.45, 7) is 0.178. The molecule has 0 spiro atoms. The number of ether oxygens (including phenoxy) is 2. The van der Waals surface area contributed by atoms with Crippen molar-refractivity contribution in [1.29, 1.82) is 0 Å². The Hall–Kier alpha value is -3.07. The SMILES string of the molecule is COc1ccc(OC)c(-c2cn3c(CC(=O)N(C)CCC(=O)O)csc3n2)c1. The second-order valence-electron chi connectivity index (χ2n) is 6.21. The summed E-state index contributed by atoms with van der Waals surface area (Å²) in [6.07, 6.45) is 1.95. The summed E-state index contributed by atoms with van der Waals surface area (Å²) < 4.78 is 12.6. The molecule has 0 saturated heterocycles. The van der Waals surface area contributed by atoms with E-state index in [-0.39, 0.29) is 25.3 Å². The van der Waals surface area contributed by atoms with E-state index >= 15 is 0 Å². The molecule has 2 heterocycles. The van der Waals surface area contributed by atoms with Crippen LogP contribution in [0.15, 0.2) is 29.8 Å². The van der Waals surface area contributed by atoms with Crippen molar-refractivity contribution < 1.29 is 24.2 Å². The van der Waals surface area contributed by atoms with Crippen molar-refractivity contribution in [2.24, 2.45) is 0 Å². The van der Waals surface area contributed by atoms with Gasteiger partial charge in [-0.3, -0.25) is 14.0 Å². The normalized spacial score (nSPS) is 10.8. The number of imidazole rings is 1. The third-order valence-electron chi connectivity index (χ3n) is 4.39. The second kappa shape index (κ2) is 8.30. The molecule has 0 fully saturated rings. The van der Waals surface area contributed by atoms with Gasteiger partial charge in [-0.15, -0.1) is 11.3 Å². The minimum atomic E-state index is -0.927. The highest BCUT2D eigenvalue weighted by atomic mass is 32.1. The number of thiazole rings is 1. The smallest absolute Gasteiger partial charge is 0.305 e. The molecule has 0 aliphatic rings. The summed E-state index contributed by atoms with van der Waals surface area (Å²) >= 11 is 1.44. The van der Waals surface area contributed by atoms with Crippen LogP contribution in [0, 0.1) is 0 Å². The third kappa shape index (κ3) is 4.09. The minimum absolute atomic E-state index is 0.0772. The summed E-state index contributed by atoms with van der Waals surface area (Å²) in [6, 6.07) is 5.50. The molecule has 8 nitrogen and oxygen atoms in total. The fourth-order valence-electron chi connectivity index (χ4n) is 2.78. The molecular formula is C19H21N3O5S. The Labute approximate surface area is 165 Å². The molecule has 0 atom stereocenters. The third-order valence-corrected chi connectivity index (χ3v) is 5.27. The topological polar surface area (TPSA) is 93.4 Å². The zero-order valence-electron chi connectivity index (χ0n) is 15.8. The molecule has 9 heteroatoms. The summed E-state index contributed by atoms with van der Waals surface area (Å²) in [4.78, 5) is 29.9. The van der Waals surface area contributed by atoms with E-state index in [9.17, 15) is 9.59 Å². The molecule has 3 rings (SSSR count). The molecule has 0 bridgehead atoms. The molecule has 1 amide bonds. The van der Waals surface area contributed by atoms with E-state index in [0.717, 1.165) is 21.9 Å². The average Bonchev–Trinajstić information content (AvgIpc) is 3.27. The highest BCUT2D eigenvalue weighted by molar-refractivity contribution is 7.15. The number of likely N-dealkylation sites (N-methyl/N-ethyl adjacent to an activating group) is 1. The van der Waals surface area contributed by atoms with Crippen molar-refractivity contribution in [3.8, 4) is 22.8 Å². The maximum Gasteiger partial charge on any atom is 0.305 e. The van der Waals surface area contributed by atoms with Gasteiger partial charge in [-0.2, -0.15) is 0 Å². The van der Waals surface area contributed by atoms with Gasteiger partial charge >= 0.3 is 5.97 Å². The molecule has 0 aliphatic carbocycles. The van der Waals surface area contributed by atoms with E-state index in [4.69, 9.17) is 14.6 Å². The quantitative estimate of drug-likeness (QED) is 0.621. The molecule has 0 radical (unpaired) electrons. The van der Waals surface area contributed by atoms with Crippen molar-refractivity contribution in [3.63, 3.8) is 0 Å². The zero-order chi connectivity index (χ0) is 20.3. The number of hydrogen-bond acceptors (Lipinski definition) is 6. The van der Waals surface area contributed by atoms with E-state index in [1.54, 1.807) is 21.3 Å². The highest BCUT2D eigenvalue weighted by Crippen LogP contribution is 2.34. The van der Waals surface area contributed by atoms with Crippen LogP contribution in [0.3, 0.4) is 0 Å². The van der Waals surface area contributed by atoms with Crippen LogP contribution in [0.1, 0.15) is 12.1 Å². The first-order chi connectivity index (χ1) is 13.4. The molecule has 0 saturated carbocycles. The molecule has 2 aromatic heterocycles. The Balaban J connectivity index is 1.86. The molecule has 1 N–H and O–H groups in total. The Morgan fingerprint density at radius 2 is 2.07 bits per heavy atom. The number of rotatable bonds is 8. The molecule has 1 aromatic carbocycles. The number of hydrogen-bond donors (Lipinski definition) is 1. The van der Waals surface area contributed by atoms with Crippen molar-refractivity contribution in [3.05, 3.63) is 35.5 Å². The number of methoxy groups -OCH3 is 2. The predicted molar refractivity (Wildman–Crippen MR) is 105 cm³/mol. The molecule has 0 aliphatic heterocycles. The van der Waals surface area contributed by atoms with Crippen LogP contribution in [-0.4, -0.2) is 59.1 Å². The highest BCUT2D eigenvalue weighted by Gasteiger charge is 2.17. The molecule has 0 unspecified atom stereocenters. The number of fused-ring (bicyclic) bond motifs is 1. The van der Waals surface area contributed by atoms with Gasteiger partial charge in [0.1, 0.15) is 11.5 Å². The first-order valence-corrected chi connectivity index (χ1v) is 9.44. The largest absolute Gasteiger partial charge is 0.497 e. The Kier molecular flexibility index (Phi) is 5.84. The van der Waals surface area contributed by atoms with Gasteiger partial charge in [-0.1, -0.05) is 0 Å². The molecule has 28 heavy (non-hydrogen) atoms. The second-order valence-corrected chi connectivity index (χ2v) is 7.04. The van der Waals surface area contributed by atoms with Crippen LogP contribution in [0.25, 0.3) is 16.2 Å². The van der Waals surface area contributed by atoms with Gasteiger partial charge in [-0.25, -0.2) is 4.98 Å². The summed E-state index contributed by atoms with van der Waals surface area (Å²) in [5, 5.41) is 10.7. The lowest BCUT2D eigenvalue weighted by Gasteiger charge is -2.15. The maximum absolute atomic E-state index is 12.4. The lowest BCUT2D eigenvalue weighted by Crippen LogP contribution is -2.30. The Bertz CT molecular complexity index is 1010. The lowest BCUT2D eigenvalue weighted by molar-refractivity contribution is -0.138. The summed E-state index contributed by atoms with van der Waals surface area (Å²) in [5.41, 5.74) is 2.32. The van der Waals surface area contributed by atoms with Crippen LogP contribution in [0.2, 0.25) is 0 Å². The first-order valence-electron chi connectivity index (χ1n) is 8.56. The first kappa shape index (κ1) is 19.7. The fraction of sp³-hybridized carbons (Fsp3) is 0.316. The van der Waals surface area contributed by atoms with Crippen LogP contribution < -0.4 is 9.47 Å². The minimum Gasteiger partial charge on any atom is -0.497 e. The van der Waals surface area contributed by atoms with E-state index in [2.05, 4.69) is 4.98 Å². The molecular weight excluding hydrogens is 382 g/mol. The summed E-state index contributed by atoms with van der Waals surface area (Å²) in [5.74, 6) is 0.305. The number of aromatic nitrogens is 2. The Morgan fingerprint density at radius 1 is 1.29 bits per heavy atom. The van der Waals surface area contributed by atoms with E-state index < -0.39 is 5.97 Å². The number of carbonyl (C=O) groups excluding carboxylic acids is 1. The fourth-order valence-corrected chi connectivity index (χ4v) is 3.65. The van der Waals surface area contributed by atoms with Gasteiger partial charge in [0.2, 0.25) is 5.91 Å². The van der Waals surface area contributed by atoms with E-state index in [0.29, 0.717) is 11.5 Å². The van der Waals surface area contributed by atoms with Crippen molar-refractivity contribution >= 4 is 28.2 Å². The number of aliphatic carboxylic acids is 1. The zero-order valence-corrected chi connectivity index (χ0v) is 16.7. The van der Waals surface area contributed by atoms with Gasteiger partial charge in [-0.05, 0) is 18.2 Å². The monoisotopic (exact) mass is 403 g/mol. The van der Waals surface area contributed by atoms with Crippen LogP contribution >= 0.6 is 11.3 Å². The number of amides is 1. The standard InChI is InChI=1S/C19H21N3O5S/c1-21(7-6-18(24)25)17(23)8-12-11-28-19-20-15(10-22(12)19)14-9-13(26-2)4-5-16(14)27-3/h4-5,9-11H,6-8H2,1-3H3,(H,24,25). The van der Waals surface area contributed by atoms with Gasteiger partial charge < -0.3 is 19.5 Å². The number of carboxylic acid groups (broad SMARTS) is 1. The number of nitrogens with zero attached hydrogens (tertiary/aromatic N) is 3. The van der Waals surface area contributed by atoms with Crippen LogP contribution in [-0.2, 0) is 16.0 Å².